The molecular weight excluding hydrogens is 660 g/mol. The largest absolute Gasteiger partial charge is 0.416 e. The van der Waals surface area contributed by atoms with Gasteiger partial charge in [0.25, 0.3) is 0 Å². The van der Waals surface area contributed by atoms with Crippen molar-refractivity contribution in [2.45, 2.75) is 26.2 Å². The van der Waals surface area contributed by atoms with Gasteiger partial charge in [-0.05, 0) is 114 Å². The van der Waals surface area contributed by atoms with Gasteiger partial charge in [0.05, 0.1) is 51.1 Å². The van der Waals surface area contributed by atoms with E-state index >= 15 is 0 Å². The van der Waals surface area contributed by atoms with Crippen molar-refractivity contribution in [1.29, 1.82) is 10.5 Å². The minimum Gasteiger partial charge on any atom is -0.309 e. The topological polar surface area (TPSA) is 52.5 Å². The number of halogens is 6. The van der Waals surface area contributed by atoms with Gasteiger partial charge in [0.15, 0.2) is 0 Å². The van der Waals surface area contributed by atoms with Crippen LogP contribution in [0.1, 0.15) is 33.4 Å². The number of alkyl halides is 6. The first kappa shape index (κ1) is 33.2. The molecule has 0 atom stereocenters. The molecule has 0 unspecified atom stereocenters. The zero-order valence-corrected chi connectivity index (χ0v) is 27.1. The van der Waals surface area contributed by atoms with Gasteiger partial charge in [0.2, 0.25) is 0 Å². The Morgan fingerprint density at radius 3 is 1.53 bits per heavy atom. The molecule has 250 valence electrons. The van der Waals surface area contributed by atoms with E-state index in [1.807, 2.05) is 41.0 Å². The summed E-state index contributed by atoms with van der Waals surface area (Å²) in [5.74, 6) is 0. The Balaban J connectivity index is 1.53. The summed E-state index contributed by atoms with van der Waals surface area (Å²) in [7, 11) is 0. The highest BCUT2D eigenvalue weighted by molar-refractivity contribution is 6.12. The molecule has 1 heterocycles. The van der Waals surface area contributed by atoms with Crippen molar-refractivity contribution in [3.8, 4) is 51.2 Å². The van der Waals surface area contributed by atoms with Crippen LogP contribution in [0.4, 0.5) is 26.3 Å². The predicted octanol–water partition coefficient (Wildman–Crippen LogP) is 12.2. The molecule has 0 spiro atoms. The third kappa shape index (κ3) is 6.08. The zero-order chi connectivity index (χ0) is 36.2. The highest BCUT2D eigenvalue weighted by atomic mass is 19.4. The van der Waals surface area contributed by atoms with Crippen molar-refractivity contribution in [3.63, 3.8) is 0 Å². The van der Waals surface area contributed by atoms with E-state index in [4.69, 9.17) is 0 Å². The second-order valence-electron chi connectivity index (χ2n) is 12.5. The third-order valence-corrected chi connectivity index (χ3v) is 8.95. The molecule has 0 N–H and O–H groups in total. The molecule has 0 fully saturated rings. The quantitative estimate of drug-likeness (QED) is 0.173. The van der Waals surface area contributed by atoms with E-state index < -0.39 is 23.5 Å². The van der Waals surface area contributed by atoms with E-state index in [1.54, 1.807) is 62.4 Å². The lowest BCUT2D eigenvalue weighted by atomic mass is 9.96. The van der Waals surface area contributed by atoms with Crippen molar-refractivity contribution in [2.75, 3.05) is 0 Å². The molecule has 0 aliphatic rings. The second-order valence-corrected chi connectivity index (χ2v) is 12.5. The average Bonchev–Trinajstić information content (AvgIpc) is 3.43. The van der Waals surface area contributed by atoms with Gasteiger partial charge in [-0.2, -0.15) is 36.9 Å². The number of nitrogens with zero attached hydrogens (tertiary/aromatic N) is 3. The minimum atomic E-state index is -4.55. The SMILES string of the molecule is Cc1cc(-c2ccc3c(c2)c2cc(-c4cc(C)cc(C(F)(F)F)c4)ccc2n3-c2ccccc2-c2ccc(C#N)cc2C#N)cc(C(F)(F)F)c1. The molecule has 0 bridgehead atoms. The second kappa shape index (κ2) is 12.2. The summed E-state index contributed by atoms with van der Waals surface area (Å²) in [6.07, 6.45) is -9.09. The number of benzene rings is 6. The molecule has 6 aromatic carbocycles. The van der Waals surface area contributed by atoms with Crippen LogP contribution in [-0.4, -0.2) is 4.57 Å². The lowest BCUT2D eigenvalue weighted by molar-refractivity contribution is -0.138. The molecule has 0 radical (unpaired) electrons. The van der Waals surface area contributed by atoms with Crippen LogP contribution < -0.4 is 0 Å². The smallest absolute Gasteiger partial charge is 0.309 e. The minimum absolute atomic E-state index is 0.298. The molecule has 7 rings (SSSR count). The molecule has 1 aromatic heterocycles. The normalized spacial score (nSPS) is 11.9. The number of aryl methyl sites for hydroxylation is 2. The van der Waals surface area contributed by atoms with E-state index in [1.165, 1.54) is 6.07 Å². The number of rotatable bonds is 4. The Hall–Kier alpha value is -6.32. The van der Waals surface area contributed by atoms with E-state index in [0.29, 0.717) is 83.1 Å². The molecule has 0 aliphatic heterocycles. The van der Waals surface area contributed by atoms with Crippen molar-refractivity contribution in [3.05, 3.63) is 149 Å². The van der Waals surface area contributed by atoms with Crippen LogP contribution in [0.25, 0.3) is 60.9 Å². The summed E-state index contributed by atoms with van der Waals surface area (Å²) in [5, 5.41) is 20.8. The lowest BCUT2D eigenvalue weighted by Crippen LogP contribution is -2.05. The summed E-state index contributed by atoms with van der Waals surface area (Å²) in [6, 6.07) is 35.0. The zero-order valence-electron chi connectivity index (χ0n) is 27.1. The fourth-order valence-corrected chi connectivity index (χ4v) is 6.71. The number of para-hydroxylation sites is 1. The molecule has 51 heavy (non-hydrogen) atoms. The summed E-state index contributed by atoms with van der Waals surface area (Å²) in [4.78, 5) is 0. The van der Waals surface area contributed by atoms with Gasteiger partial charge in [-0.1, -0.05) is 48.5 Å². The fourth-order valence-electron chi connectivity index (χ4n) is 6.71. The Morgan fingerprint density at radius 1 is 0.510 bits per heavy atom. The Bertz CT molecular complexity index is 2490. The maximum absolute atomic E-state index is 13.8. The van der Waals surface area contributed by atoms with Gasteiger partial charge in [0.1, 0.15) is 0 Å². The van der Waals surface area contributed by atoms with Crippen LogP contribution in [0.3, 0.4) is 0 Å². The first-order valence-corrected chi connectivity index (χ1v) is 15.8. The van der Waals surface area contributed by atoms with Crippen molar-refractivity contribution < 1.29 is 26.3 Å². The molecule has 0 amide bonds. The molecule has 0 saturated heterocycles. The van der Waals surface area contributed by atoms with E-state index in [9.17, 15) is 36.9 Å². The molecule has 0 aliphatic carbocycles. The van der Waals surface area contributed by atoms with Crippen LogP contribution in [0.15, 0.2) is 115 Å². The summed E-state index contributed by atoms with van der Waals surface area (Å²) < 4.78 is 84.9. The average molecular weight is 686 g/mol. The number of nitriles is 2. The van der Waals surface area contributed by atoms with E-state index in [-0.39, 0.29) is 0 Å². The van der Waals surface area contributed by atoms with Gasteiger partial charge in [-0.15, -0.1) is 0 Å². The van der Waals surface area contributed by atoms with Crippen LogP contribution >= 0.6 is 0 Å². The molecule has 9 heteroatoms. The summed E-state index contributed by atoms with van der Waals surface area (Å²) >= 11 is 0. The van der Waals surface area contributed by atoms with Crippen LogP contribution in [0, 0.1) is 36.5 Å². The van der Waals surface area contributed by atoms with E-state index in [0.717, 1.165) is 24.3 Å². The fraction of sp³-hybridized carbons (Fsp3) is 0.0952. The Morgan fingerprint density at radius 2 is 1.04 bits per heavy atom. The number of hydrogen-bond donors (Lipinski definition) is 0. The van der Waals surface area contributed by atoms with Gasteiger partial charge >= 0.3 is 12.4 Å². The van der Waals surface area contributed by atoms with Crippen LogP contribution in [0.5, 0.6) is 0 Å². The molecule has 3 nitrogen and oxygen atoms in total. The van der Waals surface area contributed by atoms with Crippen LogP contribution in [-0.2, 0) is 12.4 Å². The Labute approximate surface area is 288 Å². The maximum Gasteiger partial charge on any atom is 0.416 e. The maximum atomic E-state index is 13.8. The monoisotopic (exact) mass is 685 g/mol. The third-order valence-electron chi connectivity index (χ3n) is 8.95. The predicted molar refractivity (Wildman–Crippen MR) is 186 cm³/mol. The standard InChI is InChI=1S/C42H25F6N3/c1-24-13-29(18-32(15-24)41(43,44)45)27-8-11-39-36(20-27)37-21-28(30-14-25(2)16-33(19-30)42(46,47)48)9-12-40(37)51(39)38-6-4-3-5-35(38)34-10-7-26(22-49)17-31(34)23-50/h3-21H,1-2H3. The summed E-state index contributed by atoms with van der Waals surface area (Å²) in [5.41, 5.74) is 5.10. The van der Waals surface area contributed by atoms with Gasteiger partial charge in [-0.25, -0.2) is 0 Å². The molecule has 7 aromatic rings. The van der Waals surface area contributed by atoms with E-state index in [2.05, 4.69) is 12.1 Å². The molecular formula is C42H25F6N3. The highest BCUT2D eigenvalue weighted by Gasteiger charge is 2.32. The van der Waals surface area contributed by atoms with Crippen LogP contribution in [0.2, 0.25) is 0 Å². The lowest BCUT2D eigenvalue weighted by Gasteiger charge is -2.15. The highest BCUT2D eigenvalue weighted by Crippen LogP contribution is 2.42. The number of aromatic nitrogens is 1. The van der Waals surface area contributed by atoms with Crippen molar-refractivity contribution in [1.82, 2.24) is 4.57 Å². The van der Waals surface area contributed by atoms with Gasteiger partial charge in [-0.3, -0.25) is 0 Å². The number of fused-ring (bicyclic) bond motifs is 3. The van der Waals surface area contributed by atoms with Crippen molar-refractivity contribution >= 4 is 21.8 Å². The van der Waals surface area contributed by atoms with Crippen molar-refractivity contribution in [2.24, 2.45) is 0 Å². The Kier molecular flexibility index (Phi) is 7.95. The molecule has 0 saturated carbocycles. The summed E-state index contributed by atoms with van der Waals surface area (Å²) in [6.45, 7) is 3.20. The van der Waals surface area contributed by atoms with Gasteiger partial charge in [0, 0.05) is 21.9 Å². The first-order chi connectivity index (χ1) is 24.2. The number of hydrogen-bond acceptors (Lipinski definition) is 2. The van der Waals surface area contributed by atoms with Gasteiger partial charge < -0.3 is 4.57 Å². The first-order valence-electron chi connectivity index (χ1n) is 15.8.